The smallest absolute Gasteiger partial charge is 0.243 e. The predicted octanol–water partition coefficient (Wildman–Crippen LogP) is 5.06. The van der Waals surface area contributed by atoms with Crippen molar-refractivity contribution in [1.82, 2.24) is 4.31 Å². The first-order valence-electron chi connectivity index (χ1n) is 9.87. The van der Waals surface area contributed by atoms with Gasteiger partial charge in [-0.2, -0.15) is 4.31 Å². The van der Waals surface area contributed by atoms with E-state index in [1.807, 2.05) is 12.1 Å². The number of fused-ring (bicyclic) bond motifs is 3. The molecular formula is C22H23BrN2O2S. The zero-order chi connectivity index (χ0) is 19.3. The van der Waals surface area contributed by atoms with Crippen molar-refractivity contribution in [3.05, 3.63) is 70.2 Å². The van der Waals surface area contributed by atoms with E-state index in [1.165, 1.54) is 5.56 Å². The summed E-state index contributed by atoms with van der Waals surface area (Å²) in [5.74, 6) is 0.650. The Kier molecular flexibility index (Phi) is 4.61. The van der Waals surface area contributed by atoms with Crippen molar-refractivity contribution in [2.75, 3.05) is 18.4 Å². The minimum atomic E-state index is -3.40. The molecule has 0 saturated carbocycles. The van der Waals surface area contributed by atoms with Gasteiger partial charge >= 0.3 is 0 Å². The number of allylic oxidation sites excluding steroid dienone is 2. The summed E-state index contributed by atoms with van der Waals surface area (Å²) in [6, 6.07) is 14.3. The number of anilines is 1. The molecule has 0 amide bonds. The van der Waals surface area contributed by atoms with E-state index in [1.54, 1.807) is 10.4 Å². The van der Waals surface area contributed by atoms with Crippen molar-refractivity contribution < 1.29 is 8.42 Å². The summed E-state index contributed by atoms with van der Waals surface area (Å²) in [6.07, 6.45) is 7.39. The van der Waals surface area contributed by atoms with E-state index in [0.29, 0.717) is 23.9 Å². The van der Waals surface area contributed by atoms with Gasteiger partial charge in [-0.15, -0.1) is 0 Å². The third-order valence-corrected chi connectivity index (χ3v) is 8.69. The number of hydrogen-bond acceptors (Lipinski definition) is 3. The number of benzene rings is 2. The van der Waals surface area contributed by atoms with Crippen LogP contribution in [0.2, 0.25) is 0 Å². The van der Waals surface area contributed by atoms with Crippen molar-refractivity contribution >= 4 is 31.6 Å². The van der Waals surface area contributed by atoms with Crippen molar-refractivity contribution in [1.29, 1.82) is 0 Å². The van der Waals surface area contributed by atoms with E-state index >= 15 is 0 Å². The SMILES string of the molecule is O=S(=O)(c1ccc2c(c1)[C@H]1C=CC[C@H]1[C@@H](c1ccc(Br)cc1)N2)N1CCCC1. The van der Waals surface area contributed by atoms with Gasteiger partial charge in [-0.3, -0.25) is 0 Å². The third kappa shape index (κ3) is 3.02. The molecular weight excluding hydrogens is 436 g/mol. The van der Waals surface area contributed by atoms with Gasteiger partial charge in [0.15, 0.2) is 0 Å². The Morgan fingerprint density at radius 3 is 2.54 bits per heavy atom. The average Bonchev–Trinajstić information content (AvgIpc) is 3.40. The molecule has 0 spiro atoms. The predicted molar refractivity (Wildman–Crippen MR) is 115 cm³/mol. The molecule has 1 fully saturated rings. The van der Waals surface area contributed by atoms with Gasteiger partial charge in [-0.05, 0) is 66.6 Å². The van der Waals surface area contributed by atoms with E-state index in [0.717, 1.165) is 35.0 Å². The molecule has 1 saturated heterocycles. The zero-order valence-electron chi connectivity index (χ0n) is 15.5. The summed E-state index contributed by atoms with van der Waals surface area (Å²) in [5.41, 5.74) is 3.41. The minimum absolute atomic E-state index is 0.224. The highest BCUT2D eigenvalue weighted by Crippen LogP contribution is 2.50. The monoisotopic (exact) mass is 458 g/mol. The number of hydrogen-bond donors (Lipinski definition) is 1. The standard InChI is InChI=1S/C22H23BrN2O2S/c23-16-8-6-15(7-9-16)22-19-5-3-4-18(19)20-14-17(10-11-21(20)24-22)28(26,27)25-12-1-2-13-25/h3-4,6-11,14,18-19,22,24H,1-2,5,12-13H2/t18-,19+,22+/m0/s1. The largest absolute Gasteiger partial charge is 0.378 e. The number of halogens is 1. The molecule has 4 nitrogen and oxygen atoms in total. The van der Waals surface area contributed by atoms with Gasteiger partial charge in [0, 0.05) is 29.2 Å². The maximum absolute atomic E-state index is 13.0. The maximum atomic E-state index is 13.0. The molecule has 3 atom stereocenters. The highest BCUT2D eigenvalue weighted by atomic mass is 79.9. The molecule has 0 bridgehead atoms. The fourth-order valence-corrected chi connectivity index (χ4v) is 6.63. The Balaban J connectivity index is 1.53. The molecule has 28 heavy (non-hydrogen) atoms. The molecule has 3 aliphatic rings. The van der Waals surface area contributed by atoms with Gasteiger partial charge in [0.1, 0.15) is 0 Å². The van der Waals surface area contributed by atoms with Crippen LogP contribution in [-0.4, -0.2) is 25.8 Å². The van der Waals surface area contributed by atoms with Crippen LogP contribution in [0.15, 0.2) is 64.0 Å². The highest BCUT2D eigenvalue weighted by Gasteiger charge is 2.39. The topological polar surface area (TPSA) is 49.4 Å². The normalized spacial score (nSPS) is 26.7. The van der Waals surface area contributed by atoms with Crippen LogP contribution in [0, 0.1) is 5.92 Å². The van der Waals surface area contributed by atoms with E-state index in [-0.39, 0.29) is 12.0 Å². The Bertz CT molecular complexity index is 1030. The highest BCUT2D eigenvalue weighted by molar-refractivity contribution is 9.10. The lowest BCUT2D eigenvalue weighted by atomic mass is 9.77. The zero-order valence-corrected chi connectivity index (χ0v) is 17.9. The van der Waals surface area contributed by atoms with Gasteiger partial charge in [-0.25, -0.2) is 8.42 Å². The van der Waals surface area contributed by atoms with E-state index in [2.05, 4.69) is 57.7 Å². The molecule has 1 N–H and O–H groups in total. The summed E-state index contributed by atoms with van der Waals surface area (Å²) in [6.45, 7) is 1.27. The van der Waals surface area contributed by atoms with E-state index < -0.39 is 10.0 Å². The fraction of sp³-hybridized carbons (Fsp3) is 0.364. The summed E-state index contributed by atoms with van der Waals surface area (Å²) >= 11 is 3.51. The lowest BCUT2D eigenvalue weighted by molar-refractivity contribution is 0.424. The third-order valence-electron chi connectivity index (χ3n) is 6.27. The molecule has 0 radical (unpaired) electrons. The first kappa shape index (κ1) is 18.4. The van der Waals surface area contributed by atoms with E-state index in [4.69, 9.17) is 0 Å². The molecule has 6 heteroatoms. The van der Waals surface area contributed by atoms with Crippen LogP contribution in [-0.2, 0) is 10.0 Å². The summed E-state index contributed by atoms with van der Waals surface area (Å²) < 4.78 is 28.7. The summed E-state index contributed by atoms with van der Waals surface area (Å²) in [7, 11) is -3.40. The van der Waals surface area contributed by atoms with Crippen LogP contribution in [0.25, 0.3) is 0 Å². The van der Waals surface area contributed by atoms with Crippen LogP contribution in [0.4, 0.5) is 5.69 Å². The van der Waals surface area contributed by atoms with Gasteiger partial charge in [-0.1, -0.05) is 40.2 Å². The second-order valence-corrected chi connectivity index (χ2v) is 10.7. The number of nitrogens with zero attached hydrogens (tertiary/aromatic N) is 1. The van der Waals surface area contributed by atoms with E-state index in [9.17, 15) is 8.42 Å². The molecule has 2 aliphatic heterocycles. The molecule has 1 aliphatic carbocycles. The Labute approximate surface area is 174 Å². The van der Waals surface area contributed by atoms with Crippen molar-refractivity contribution in [2.45, 2.75) is 36.1 Å². The summed E-state index contributed by atoms with van der Waals surface area (Å²) in [4.78, 5) is 0.427. The Morgan fingerprint density at radius 2 is 1.79 bits per heavy atom. The Hall–Kier alpha value is -1.63. The molecule has 2 aromatic carbocycles. The van der Waals surface area contributed by atoms with Gasteiger partial charge < -0.3 is 5.32 Å². The number of rotatable bonds is 3. The van der Waals surface area contributed by atoms with Crippen LogP contribution < -0.4 is 5.32 Å². The average molecular weight is 459 g/mol. The minimum Gasteiger partial charge on any atom is -0.378 e. The second kappa shape index (κ2) is 7.01. The molecule has 2 heterocycles. The van der Waals surface area contributed by atoms with Crippen LogP contribution >= 0.6 is 15.9 Å². The quantitative estimate of drug-likeness (QED) is 0.653. The molecule has 0 aromatic heterocycles. The number of sulfonamides is 1. The molecule has 146 valence electrons. The molecule has 5 rings (SSSR count). The van der Waals surface area contributed by atoms with Gasteiger partial charge in [0.05, 0.1) is 10.9 Å². The van der Waals surface area contributed by atoms with Crippen molar-refractivity contribution in [3.8, 4) is 0 Å². The van der Waals surface area contributed by atoms with Crippen molar-refractivity contribution in [3.63, 3.8) is 0 Å². The lowest BCUT2D eigenvalue weighted by Crippen LogP contribution is -2.30. The first-order valence-corrected chi connectivity index (χ1v) is 12.1. The van der Waals surface area contributed by atoms with Gasteiger partial charge in [0.25, 0.3) is 0 Å². The first-order chi connectivity index (χ1) is 13.5. The Morgan fingerprint density at radius 1 is 1.04 bits per heavy atom. The number of nitrogens with one attached hydrogen (secondary N) is 1. The van der Waals surface area contributed by atoms with Crippen LogP contribution in [0.1, 0.15) is 42.3 Å². The van der Waals surface area contributed by atoms with Crippen LogP contribution in [0.5, 0.6) is 0 Å². The molecule has 2 aromatic rings. The lowest BCUT2D eigenvalue weighted by Gasteiger charge is -2.38. The van der Waals surface area contributed by atoms with Crippen molar-refractivity contribution in [2.24, 2.45) is 5.92 Å². The van der Waals surface area contributed by atoms with Gasteiger partial charge in [0.2, 0.25) is 10.0 Å². The fourth-order valence-electron chi connectivity index (χ4n) is 4.81. The molecule has 0 unspecified atom stereocenters. The maximum Gasteiger partial charge on any atom is 0.243 e. The van der Waals surface area contributed by atoms with Crippen LogP contribution in [0.3, 0.4) is 0 Å². The second-order valence-electron chi connectivity index (χ2n) is 7.89. The summed E-state index contributed by atoms with van der Waals surface area (Å²) in [5, 5.41) is 3.69.